The Kier molecular flexibility index (Phi) is 11.4. The zero-order valence-electron chi connectivity index (χ0n) is 37.3. The summed E-state index contributed by atoms with van der Waals surface area (Å²) in [5, 5.41) is 32.3. The van der Waals surface area contributed by atoms with Gasteiger partial charge < -0.3 is 19.3 Å². The molecule has 2 N–H and O–H groups in total. The maximum atomic E-state index is 11.5. The van der Waals surface area contributed by atoms with E-state index in [1.54, 1.807) is 0 Å². The average molecular weight is 851 g/mol. The van der Waals surface area contributed by atoms with E-state index in [9.17, 15) is 10.2 Å². The maximum absolute atomic E-state index is 11.5. The molecule has 0 unspecified atom stereocenters. The summed E-state index contributed by atoms with van der Waals surface area (Å²) in [6, 6.07) is 28.7. The SMILES string of the molecule is Cc1ccc([C@@]2(O)CCCn3nc(/C=C/c4ccc(-n5cnc(C)c5)c(C)c4)nc32)cc1.Cc1ccc([C@]2(O)CCCn3nc(/C=C/c4ccc(-n5cnc(C)c5)c(C)c4)nc32)cc1. The Morgan fingerprint density at radius 1 is 0.516 bits per heavy atom. The quantitative estimate of drug-likeness (QED) is 0.155. The summed E-state index contributed by atoms with van der Waals surface area (Å²) in [5.41, 5.74) is 10.6. The lowest BCUT2D eigenvalue weighted by Gasteiger charge is -2.31. The molecule has 0 saturated heterocycles. The fraction of sp³-hybridized carbons (Fsp3) is 0.269. The van der Waals surface area contributed by atoms with Gasteiger partial charge in [-0.05, 0) is 137 Å². The van der Waals surface area contributed by atoms with E-state index in [4.69, 9.17) is 9.97 Å². The van der Waals surface area contributed by atoms with Crippen molar-refractivity contribution < 1.29 is 10.2 Å². The smallest absolute Gasteiger partial charge is 0.174 e. The molecule has 0 bridgehead atoms. The number of aromatic nitrogens is 10. The fourth-order valence-corrected chi connectivity index (χ4v) is 8.77. The van der Waals surface area contributed by atoms with Gasteiger partial charge in [-0.1, -0.05) is 83.9 Å². The number of imidazole rings is 2. The van der Waals surface area contributed by atoms with Gasteiger partial charge in [-0.15, -0.1) is 0 Å². The monoisotopic (exact) mass is 850 g/mol. The number of hydrogen-bond donors (Lipinski definition) is 2. The van der Waals surface area contributed by atoms with Crippen molar-refractivity contribution in [1.82, 2.24) is 48.6 Å². The van der Waals surface area contributed by atoms with Crippen molar-refractivity contribution in [3.05, 3.63) is 189 Å². The molecule has 2 atom stereocenters. The third kappa shape index (κ3) is 8.54. The van der Waals surface area contributed by atoms with Gasteiger partial charge in [-0.3, -0.25) is 0 Å². The summed E-state index contributed by atoms with van der Waals surface area (Å²) in [5.74, 6) is 2.46. The number of nitrogens with zero attached hydrogens (tertiary/aromatic N) is 10. The van der Waals surface area contributed by atoms with Crippen LogP contribution in [0.4, 0.5) is 0 Å². The summed E-state index contributed by atoms with van der Waals surface area (Å²) in [6.07, 6.45) is 18.6. The predicted octanol–water partition coefficient (Wildman–Crippen LogP) is 9.18. The van der Waals surface area contributed by atoms with Crippen LogP contribution in [-0.4, -0.2) is 58.8 Å². The molecule has 0 amide bonds. The van der Waals surface area contributed by atoms with Gasteiger partial charge >= 0.3 is 0 Å². The minimum Gasteiger partial charge on any atom is -0.377 e. The fourth-order valence-electron chi connectivity index (χ4n) is 8.77. The maximum Gasteiger partial charge on any atom is 0.174 e. The van der Waals surface area contributed by atoms with Crippen LogP contribution < -0.4 is 0 Å². The van der Waals surface area contributed by atoms with E-state index >= 15 is 0 Å². The summed E-state index contributed by atoms with van der Waals surface area (Å²) < 4.78 is 7.77. The molecule has 4 aromatic heterocycles. The van der Waals surface area contributed by atoms with Crippen LogP contribution in [0.2, 0.25) is 0 Å². The van der Waals surface area contributed by atoms with Gasteiger partial charge in [-0.25, -0.2) is 29.3 Å². The molecule has 324 valence electrons. The van der Waals surface area contributed by atoms with Crippen molar-refractivity contribution in [2.45, 2.75) is 91.5 Å². The molecule has 0 spiro atoms. The van der Waals surface area contributed by atoms with Crippen LogP contribution in [0.5, 0.6) is 0 Å². The highest BCUT2D eigenvalue weighted by Gasteiger charge is 2.40. The zero-order valence-corrected chi connectivity index (χ0v) is 37.3. The lowest BCUT2D eigenvalue weighted by atomic mass is 9.86. The van der Waals surface area contributed by atoms with Gasteiger partial charge in [0.2, 0.25) is 0 Å². The first-order valence-electron chi connectivity index (χ1n) is 21.9. The zero-order chi connectivity index (χ0) is 44.6. The molecule has 0 saturated carbocycles. The second-order valence-electron chi connectivity index (χ2n) is 17.3. The van der Waals surface area contributed by atoms with Gasteiger partial charge in [0.15, 0.2) is 23.3 Å². The lowest BCUT2D eigenvalue weighted by Crippen LogP contribution is -2.35. The number of benzene rings is 4. The normalized spacial score (nSPS) is 18.2. The Morgan fingerprint density at radius 2 is 0.922 bits per heavy atom. The van der Waals surface area contributed by atoms with Gasteiger partial charge in [0, 0.05) is 36.9 Å². The summed E-state index contributed by atoms with van der Waals surface area (Å²) >= 11 is 0. The van der Waals surface area contributed by atoms with E-state index in [1.165, 1.54) is 11.1 Å². The number of fused-ring (bicyclic) bond motifs is 2. The molecule has 2 aliphatic rings. The Hall–Kier alpha value is -7.02. The van der Waals surface area contributed by atoms with Gasteiger partial charge in [0.25, 0.3) is 0 Å². The van der Waals surface area contributed by atoms with E-state index in [1.807, 2.05) is 144 Å². The largest absolute Gasteiger partial charge is 0.377 e. The Morgan fingerprint density at radius 3 is 1.28 bits per heavy atom. The van der Waals surface area contributed by atoms with Crippen LogP contribution in [-0.2, 0) is 24.3 Å². The van der Waals surface area contributed by atoms with Gasteiger partial charge in [0.05, 0.1) is 24.0 Å². The predicted molar refractivity (Wildman–Crippen MR) is 251 cm³/mol. The van der Waals surface area contributed by atoms with E-state index < -0.39 is 11.2 Å². The molecular formula is C52H54N10O2. The van der Waals surface area contributed by atoms with Crippen LogP contribution >= 0.6 is 0 Å². The minimum atomic E-state index is -1.10. The van der Waals surface area contributed by atoms with Crippen molar-refractivity contribution in [3.63, 3.8) is 0 Å². The highest BCUT2D eigenvalue weighted by atomic mass is 16.3. The van der Waals surface area contributed by atoms with Crippen molar-refractivity contribution in [2.24, 2.45) is 0 Å². The van der Waals surface area contributed by atoms with Crippen molar-refractivity contribution in [1.29, 1.82) is 0 Å². The standard InChI is InChI=1S/2C26H27N5O/c2*1-18-5-9-22(10-6-18)26(32)13-4-14-31-25(26)28-24(29-31)12-8-21-7-11-23(19(2)15-21)30-16-20(3)27-17-30/h2*5-12,15-17,32H,4,13-14H2,1-3H3/b2*12-8+/t2*26-/m10/s1. The molecule has 12 nitrogen and oxygen atoms in total. The second-order valence-corrected chi connectivity index (χ2v) is 17.3. The average Bonchev–Trinajstić information content (AvgIpc) is 4.11. The first kappa shape index (κ1) is 42.3. The molecular weight excluding hydrogens is 797 g/mol. The van der Waals surface area contributed by atoms with Crippen LogP contribution in [0, 0.1) is 41.5 Å². The van der Waals surface area contributed by atoms with Crippen LogP contribution in [0.15, 0.2) is 110 Å². The first-order chi connectivity index (χ1) is 30.8. The molecule has 0 radical (unpaired) electrons. The van der Waals surface area contributed by atoms with Crippen molar-refractivity contribution in [3.8, 4) is 11.4 Å². The van der Waals surface area contributed by atoms with Gasteiger partial charge in [0.1, 0.15) is 11.2 Å². The molecule has 8 aromatic rings. The molecule has 64 heavy (non-hydrogen) atoms. The third-order valence-electron chi connectivity index (χ3n) is 12.3. The molecule has 0 aliphatic carbocycles. The Labute approximate surface area is 374 Å². The van der Waals surface area contributed by atoms with Crippen LogP contribution in [0.1, 0.15) is 105 Å². The first-order valence-corrected chi connectivity index (χ1v) is 21.9. The van der Waals surface area contributed by atoms with Crippen LogP contribution in [0.25, 0.3) is 35.7 Å². The number of aliphatic hydroxyl groups is 2. The third-order valence-corrected chi connectivity index (χ3v) is 12.3. The molecule has 6 heterocycles. The van der Waals surface area contributed by atoms with Crippen molar-refractivity contribution >= 4 is 24.3 Å². The van der Waals surface area contributed by atoms with E-state index in [2.05, 4.69) is 70.4 Å². The summed E-state index contributed by atoms with van der Waals surface area (Å²) in [4.78, 5) is 18.0. The lowest BCUT2D eigenvalue weighted by molar-refractivity contribution is 0.0392. The topological polar surface area (TPSA) is 138 Å². The highest BCUT2D eigenvalue weighted by Crippen LogP contribution is 2.38. The van der Waals surface area contributed by atoms with E-state index in [0.29, 0.717) is 36.1 Å². The number of hydrogen-bond acceptors (Lipinski definition) is 8. The second kappa shape index (κ2) is 17.3. The van der Waals surface area contributed by atoms with E-state index in [0.717, 1.165) is 82.1 Å². The molecule has 12 heteroatoms. The summed E-state index contributed by atoms with van der Waals surface area (Å²) in [6.45, 7) is 13.8. The summed E-state index contributed by atoms with van der Waals surface area (Å²) in [7, 11) is 0. The highest BCUT2D eigenvalue weighted by molar-refractivity contribution is 5.69. The van der Waals surface area contributed by atoms with Crippen molar-refractivity contribution in [2.75, 3.05) is 0 Å². The molecule has 2 aliphatic heterocycles. The number of aryl methyl sites for hydroxylation is 8. The van der Waals surface area contributed by atoms with E-state index in [-0.39, 0.29) is 0 Å². The Balaban J connectivity index is 0.000000162. The Bertz CT molecular complexity index is 2800. The van der Waals surface area contributed by atoms with Crippen LogP contribution in [0.3, 0.4) is 0 Å². The molecule has 10 rings (SSSR count). The number of rotatable bonds is 8. The minimum absolute atomic E-state index is 0.611. The van der Waals surface area contributed by atoms with Gasteiger partial charge in [-0.2, -0.15) is 10.2 Å². The molecule has 0 fully saturated rings. The molecule has 4 aromatic carbocycles.